The van der Waals surface area contributed by atoms with Gasteiger partial charge in [-0.05, 0) is 23.8 Å². The zero-order valence-corrected chi connectivity index (χ0v) is 11.6. The number of halogens is 1. The number of nitrogens with two attached hydrogens (primary N) is 1. The van der Waals surface area contributed by atoms with Gasteiger partial charge in [-0.25, -0.2) is 5.84 Å². The van der Waals surface area contributed by atoms with Crippen molar-refractivity contribution >= 4 is 21.8 Å². The number of furan rings is 1. The van der Waals surface area contributed by atoms with E-state index >= 15 is 0 Å². The molecule has 0 aliphatic carbocycles. The minimum absolute atomic E-state index is 0.169. The van der Waals surface area contributed by atoms with Crippen LogP contribution >= 0.6 is 15.9 Å². The molecule has 0 saturated heterocycles. The predicted octanol–water partition coefficient (Wildman–Crippen LogP) is 2.36. The number of rotatable bonds is 5. The lowest BCUT2D eigenvalue weighted by Crippen LogP contribution is -2.29. The maximum atomic E-state index is 11.2. The average Bonchev–Trinajstić information content (AvgIpc) is 2.89. The Kier molecular flexibility index (Phi) is 4.73. The Morgan fingerprint density at radius 1 is 1.26 bits per heavy atom. The van der Waals surface area contributed by atoms with Gasteiger partial charge in [-0.15, -0.1) is 0 Å². The third-order valence-electron chi connectivity index (χ3n) is 2.48. The molecule has 0 aliphatic rings. The quantitative estimate of drug-likeness (QED) is 0.503. The summed E-state index contributed by atoms with van der Waals surface area (Å²) in [6.07, 6.45) is 0. The van der Waals surface area contributed by atoms with E-state index in [1.54, 1.807) is 12.1 Å². The summed E-state index contributed by atoms with van der Waals surface area (Å²) in [6, 6.07) is 11.1. The molecule has 0 aliphatic heterocycles. The number of carbonyl (C=O) groups is 1. The van der Waals surface area contributed by atoms with E-state index in [1.165, 1.54) is 0 Å². The highest BCUT2D eigenvalue weighted by Crippen LogP contribution is 2.17. The molecule has 0 radical (unpaired) electrons. The Labute approximate surface area is 118 Å². The zero-order chi connectivity index (χ0) is 13.7. The van der Waals surface area contributed by atoms with Crippen molar-refractivity contribution in [3.05, 3.63) is 58.0 Å². The van der Waals surface area contributed by atoms with Crippen LogP contribution in [-0.2, 0) is 18.0 Å². The normalized spacial score (nSPS) is 10.4. The van der Waals surface area contributed by atoms with E-state index in [9.17, 15) is 4.79 Å². The molecule has 6 heteroatoms. The smallest absolute Gasteiger partial charge is 0.300 e. The van der Waals surface area contributed by atoms with Gasteiger partial charge >= 0.3 is 5.91 Å². The summed E-state index contributed by atoms with van der Waals surface area (Å²) >= 11 is 3.44. The summed E-state index contributed by atoms with van der Waals surface area (Å²) in [7, 11) is 0. The molecule has 1 amide bonds. The molecular weight excluding hydrogens is 312 g/mol. The van der Waals surface area contributed by atoms with E-state index < -0.39 is 5.91 Å². The Balaban J connectivity index is 1.88. The molecule has 1 heterocycles. The molecule has 1 aromatic heterocycles. The number of nitrogen functional groups attached to an aromatic ring is 1. The highest BCUT2D eigenvalue weighted by Gasteiger charge is 2.09. The summed E-state index contributed by atoms with van der Waals surface area (Å²) in [5, 5.41) is 0. The lowest BCUT2D eigenvalue weighted by molar-refractivity contribution is 0.0854. The number of carbonyl (C=O) groups excluding carboxylic acids is 1. The van der Waals surface area contributed by atoms with Crippen LogP contribution in [0.3, 0.4) is 0 Å². The van der Waals surface area contributed by atoms with Gasteiger partial charge in [-0.2, -0.15) is 0 Å². The van der Waals surface area contributed by atoms with Crippen LogP contribution in [-0.4, -0.2) is 5.91 Å². The van der Waals surface area contributed by atoms with Crippen LogP contribution in [0.15, 0.2) is 45.3 Å². The van der Waals surface area contributed by atoms with Gasteiger partial charge in [-0.1, -0.05) is 34.1 Å². The van der Waals surface area contributed by atoms with Gasteiger partial charge < -0.3 is 9.15 Å². The standard InChI is InChI=1S/C13H13BrN2O3/c14-11-4-2-1-3-9(11)7-18-8-10-5-6-12(19-10)13(17)16-15/h1-6H,7-8,15H2,(H,16,17). The van der Waals surface area contributed by atoms with Crippen LogP contribution in [0.5, 0.6) is 0 Å². The number of hydrogen-bond acceptors (Lipinski definition) is 4. The van der Waals surface area contributed by atoms with Gasteiger partial charge in [-0.3, -0.25) is 10.2 Å². The molecule has 1 aromatic carbocycles. The van der Waals surface area contributed by atoms with Gasteiger partial charge in [0.15, 0.2) is 5.76 Å². The van der Waals surface area contributed by atoms with E-state index in [2.05, 4.69) is 15.9 Å². The number of benzene rings is 1. The first-order chi connectivity index (χ1) is 9.20. The third kappa shape index (κ3) is 3.66. The third-order valence-corrected chi connectivity index (χ3v) is 3.25. The van der Waals surface area contributed by atoms with E-state index in [-0.39, 0.29) is 5.76 Å². The zero-order valence-electron chi connectivity index (χ0n) is 10.1. The second kappa shape index (κ2) is 6.51. The van der Waals surface area contributed by atoms with Crippen LogP contribution in [0.25, 0.3) is 0 Å². The number of hydrazine groups is 1. The van der Waals surface area contributed by atoms with Crippen molar-refractivity contribution in [3.8, 4) is 0 Å². The molecule has 100 valence electrons. The number of hydrogen-bond donors (Lipinski definition) is 2. The molecule has 0 unspecified atom stereocenters. The highest BCUT2D eigenvalue weighted by atomic mass is 79.9. The average molecular weight is 325 g/mol. The minimum atomic E-state index is -0.461. The number of ether oxygens (including phenoxy) is 1. The maximum Gasteiger partial charge on any atom is 0.300 e. The largest absolute Gasteiger partial charge is 0.453 e. The first kappa shape index (κ1) is 13.8. The number of amides is 1. The van der Waals surface area contributed by atoms with Crippen LogP contribution in [0, 0.1) is 0 Å². The summed E-state index contributed by atoms with van der Waals surface area (Å²) in [4.78, 5) is 11.2. The van der Waals surface area contributed by atoms with Gasteiger partial charge in [0.1, 0.15) is 12.4 Å². The predicted molar refractivity (Wildman–Crippen MR) is 73.0 cm³/mol. The Morgan fingerprint density at radius 3 is 2.79 bits per heavy atom. The molecule has 19 heavy (non-hydrogen) atoms. The second-order valence-electron chi connectivity index (χ2n) is 3.82. The minimum Gasteiger partial charge on any atom is -0.453 e. The molecule has 3 N–H and O–H groups in total. The van der Waals surface area contributed by atoms with E-state index in [0.29, 0.717) is 19.0 Å². The lowest BCUT2D eigenvalue weighted by atomic mass is 10.2. The second-order valence-corrected chi connectivity index (χ2v) is 4.68. The van der Waals surface area contributed by atoms with Crippen LogP contribution in [0.2, 0.25) is 0 Å². The first-order valence-electron chi connectivity index (χ1n) is 5.61. The van der Waals surface area contributed by atoms with Crippen molar-refractivity contribution in [1.29, 1.82) is 0 Å². The molecule has 0 saturated carbocycles. The van der Waals surface area contributed by atoms with Crippen molar-refractivity contribution in [2.45, 2.75) is 13.2 Å². The Hall–Kier alpha value is -1.63. The van der Waals surface area contributed by atoms with Crippen molar-refractivity contribution in [1.82, 2.24) is 5.43 Å². The summed E-state index contributed by atoms with van der Waals surface area (Å²) in [5.41, 5.74) is 3.05. The fourth-order valence-corrected chi connectivity index (χ4v) is 1.92. The fourth-order valence-electron chi connectivity index (χ4n) is 1.53. The van der Waals surface area contributed by atoms with Gasteiger partial charge in [0, 0.05) is 4.47 Å². The lowest BCUT2D eigenvalue weighted by Gasteiger charge is -2.04. The SMILES string of the molecule is NNC(=O)c1ccc(COCc2ccccc2Br)o1. The maximum absolute atomic E-state index is 11.2. The van der Waals surface area contributed by atoms with Gasteiger partial charge in [0.25, 0.3) is 0 Å². The topological polar surface area (TPSA) is 77.5 Å². The van der Waals surface area contributed by atoms with Gasteiger partial charge in [0.2, 0.25) is 0 Å². The van der Waals surface area contributed by atoms with E-state index in [4.69, 9.17) is 15.0 Å². The molecule has 2 aromatic rings. The van der Waals surface area contributed by atoms with Crippen LogP contribution in [0.1, 0.15) is 21.9 Å². The van der Waals surface area contributed by atoms with Crippen molar-refractivity contribution < 1.29 is 13.9 Å². The van der Waals surface area contributed by atoms with Crippen LogP contribution < -0.4 is 11.3 Å². The number of nitrogens with one attached hydrogen (secondary N) is 1. The summed E-state index contributed by atoms with van der Waals surface area (Å²) in [5.74, 6) is 5.29. The highest BCUT2D eigenvalue weighted by molar-refractivity contribution is 9.10. The van der Waals surface area contributed by atoms with Crippen molar-refractivity contribution in [3.63, 3.8) is 0 Å². The molecular formula is C13H13BrN2O3. The molecule has 5 nitrogen and oxygen atoms in total. The van der Waals surface area contributed by atoms with E-state index in [1.807, 2.05) is 29.7 Å². The Morgan fingerprint density at radius 2 is 2.05 bits per heavy atom. The van der Waals surface area contributed by atoms with Gasteiger partial charge in [0.05, 0.1) is 6.61 Å². The molecule has 0 fully saturated rings. The molecule has 2 rings (SSSR count). The fraction of sp³-hybridized carbons (Fsp3) is 0.154. The molecule has 0 atom stereocenters. The van der Waals surface area contributed by atoms with Crippen LogP contribution in [0.4, 0.5) is 0 Å². The molecule has 0 spiro atoms. The summed E-state index contributed by atoms with van der Waals surface area (Å²) in [6.45, 7) is 0.750. The van der Waals surface area contributed by atoms with Crippen molar-refractivity contribution in [2.75, 3.05) is 0 Å². The van der Waals surface area contributed by atoms with E-state index in [0.717, 1.165) is 10.0 Å². The Bertz CT molecular complexity index is 569. The van der Waals surface area contributed by atoms with Crippen molar-refractivity contribution in [2.24, 2.45) is 5.84 Å². The molecule has 0 bridgehead atoms. The summed E-state index contributed by atoms with van der Waals surface area (Å²) < 4.78 is 11.8. The monoisotopic (exact) mass is 324 g/mol. The first-order valence-corrected chi connectivity index (χ1v) is 6.41.